The molecule has 14 heteroatoms. The molecular weight excluding hydrogens is 504 g/mol. The summed E-state index contributed by atoms with van der Waals surface area (Å²) in [7, 11) is 0. The van der Waals surface area contributed by atoms with Crippen molar-refractivity contribution in [2.75, 3.05) is 11.5 Å². The molecule has 0 aliphatic carbocycles. The third-order valence-electron chi connectivity index (χ3n) is 5.24. The molecule has 2 aliphatic heterocycles. The number of oxime groups is 1. The number of thiazole rings is 1. The number of fused-ring (bicyclic) bond motifs is 1. The Bertz CT molecular complexity index is 1280. The third kappa shape index (κ3) is 4.41. The van der Waals surface area contributed by atoms with Gasteiger partial charge in [0.25, 0.3) is 17.1 Å². The first-order valence-electron chi connectivity index (χ1n) is 9.82. The Hall–Kier alpha value is -3.29. The monoisotopic (exact) mass is 521 g/mol. The summed E-state index contributed by atoms with van der Waals surface area (Å²) in [5.41, 5.74) is 6.43. The Morgan fingerprint density at radius 2 is 2.21 bits per heavy atom. The van der Waals surface area contributed by atoms with E-state index in [0.29, 0.717) is 16.9 Å². The van der Waals surface area contributed by atoms with E-state index < -0.39 is 28.5 Å². The standard InChI is InChI=1S/C20H17ClN6O5S2/c1-9(28)10-3-2-4-26(5-10)6-11-7-33-19-14(18(31)27(19)15(11)16(21)29)24-17(30)13(25-32)12-8-34-20(22)23-12/h2-5,8,14,19H,6-7H2,1H3,(H3-,22,23,24,30,32)/p+1/t14-,19+/m1/s1. The minimum absolute atomic E-state index is 0.0602. The average Bonchev–Trinajstić information content (AvgIpc) is 3.23. The molecule has 11 nitrogen and oxygen atoms in total. The van der Waals surface area contributed by atoms with E-state index in [9.17, 15) is 24.4 Å². The van der Waals surface area contributed by atoms with E-state index in [-0.39, 0.29) is 34.6 Å². The molecule has 2 amide bonds. The summed E-state index contributed by atoms with van der Waals surface area (Å²) in [6.45, 7) is 1.71. The molecule has 0 bridgehead atoms. The number of nitrogens with two attached hydrogens (primary N) is 1. The van der Waals surface area contributed by atoms with Gasteiger partial charge in [-0.05, 0) is 24.6 Å². The van der Waals surface area contributed by atoms with Crippen molar-refractivity contribution < 1.29 is 29.0 Å². The van der Waals surface area contributed by atoms with Gasteiger partial charge in [0.15, 0.2) is 35.6 Å². The molecule has 1 fully saturated rings. The first-order valence-corrected chi connectivity index (χ1v) is 12.1. The Labute approximate surface area is 206 Å². The zero-order valence-corrected chi connectivity index (χ0v) is 20.0. The maximum atomic E-state index is 12.9. The second kappa shape index (κ2) is 9.52. The maximum Gasteiger partial charge on any atom is 0.276 e. The molecular formula is C20H18ClN6O5S2+. The van der Waals surface area contributed by atoms with Gasteiger partial charge in [0.1, 0.15) is 22.8 Å². The van der Waals surface area contributed by atoms with Crippen LogP contribution in [0.25, 0.3) is 0 Å². The lowest BCUT2D eigenvalue weighted by atomic mass is 10.0. The zero-order valence-electron chi connectivity index (χ0n) is 17.6. The summed E-state index contributed by atoms with van der Waals surface area (Å²) in [5, 5.41) is 15.1. The van der Waals surface area contributed by atoms with Gasteiger partial charge in [0.05, 0.1) is 5.56 Å². The molecule has 2 aliphatic rings. The van der Waals surface area contributed by atoms with Crippen molar-refractivity contribution in [3.63, 3.8) is 0 Å². The Kier molecular flexibility index (Phi) is 6.68. The van der Waals surface area contributed by atoms with E-state index >= 15 is 0 Å². The van der Waals surface area contributed by atoms with Crippen LogP contribution in [0.15, 0.2) is 46.3 Å². The molecule has 0 spiro atoms. The number of carbonyl (C=O) groups is 4. The fourth-order valence-electron chi connectivity index (χ4n) is 3.65. The molecule has 2 aromatic rings. The Morgan fingerprint density at radius 3 is 2.82 bits per heavy atom. The average molecular weight is 522 g/mol. The van der Waals surface area contributed by atoms with Gasteiger partial charge in [0.2, 0.25) is 0 Å². The minimum atomic E-state index is -0.952. The SMILES string of the molecule is CC(=O)c1ccc[n+](CC2=C(C(=O)Cl)N3C(=O)[C@@H](NC(=O)C(=NO)c4csc(N)n4)[C@@H]3SC2)c1. The van der Waals surface area contributed by atoms with E-state index in [1.54, 1.807) is 29.1 Å². The summed E-state index contributed by atoms with van der Waals surface area (Å²) in [5.74, 6) is -1.06. The van der Waals surface area contributed by atoms with Gasteiger partial charge in [-0.2, -0.15) is 0 Å². The smallest absolute Gasteiger partial charge is 0.276 e. The predicted molar refractivity (Wildman–Crippen MR) is 124 cm³/mol. The molecule has 2 aromatic heterocycles. The number of aromatic nitrogens is 2. The second-order valence-corrected chi connectivity index (χ2v) is 9.77. The van der Waals surface area contributed by atoms with Crippen LogP contribution in [0.5, 0.6) is 0 Å². The summed E-state index contributed by atoms with van der Waals surface area (Å²) in [6.07, 6.45) is 3.40. The van der Waals surface area contributed by atoms with Gasteiger partial charge in [0, 0.05) is 22.8 Å². The number of Topliss-reactive ketones (excluding diaryl/α,β-unsaturated/α-hetero) is 1. The molecule has 4 rings (SSSR count). The predicted octanol–water partition coefficient (Wildman–Crippen LogP) is 0.513. The number of nitrogen functional groups attached to an aromatic ring is 1. The molecule has 0 radical (unpaired) electrons. The van der Waals surface area contributed by atoms with Crippen LogP contribution in [0.3, 0.4) is 0 Å². The number of rotatable bonds is 7. The number of nitrogens with zero attached hydrogens (tertiary/aromatic N) is 4. The van der Waals surface area contributed by atoms with Crippen molar-refractivity contribution in [3.05, 3.63) is 52.4 Å². The molecule has 34 heavy (non-hydrogen) atoms. The van der Waals surface area contributed by atoms with E-state index in [0.717, 1.165) is 11.3 Å². The van der Waals surface area contributed by atoms with Crippen molar-refractivity contribution in [1.29, 1.82) is 0 Å². The quantitative estimate of drug-likeness (QED) is 0.0904. The van der Waals surface area contributed by atoms with Crippen molar-refractivity contribution in [3.8, 4) is 0 Å². The first kappa shape index (κ1) is 23.9. The molecule has 0 unspecified atom stereocenters. The number of carbonyl (C=O) groups excluding carboxylic acids is 4. The van der Waals surface area contributed by atoms with Crippen LogP contribution in [0.4, 0.5) is 5.13 Å². The molecule has 1 saturated heterocycles. The lowest BCUT2D eigenvalue weighted by Gasteiger charge is -2.49. The van der Waals surface area contributed by atoms with Gasteiger partial charge in [-0.1, -0.05) is 5.16 Å². The second-order valence-electron chi connectivity index (χ2n) is 7.43. The topological polar surface area (TPSA) is 159 Å². The zero-order chi connectivity index (χ0) is 24.6. The first-order chi connectivity index (χ1) is 16.2. The summed E-state index contributed by atoms with van der Waals surface area (Å²) in [4.78, 5) is 54.6. The highest BCUT2D eigenvalue weighted by atomic mass is 35.5. The van der Waals surface area contributed by atoms with Crippen LogP contribution >= 0.6 is 34.7 Å². The number of halogens is 1. The lowest BCUT2D eigenvalue weighted by molar-refractivity contribution is -0.689. The maximum absolute atomic E-state index is 12.9. The summed E-state index contributed by atoms with van der Waals surface area (Å²) in [6, 6.07) is 2.45. The number of allylic oxidation sites excluding steroid dienone is 1. The normalized spacial score (nSPS) is 20.0. The number of hydrogen-bond donors (Lipinski definition) is 3. The third-order valence-corrected chi connectivity index (χ3v) is 7.43. The summed E-state index contributed by atoms with van der Waals surface area (Å²) >= 11 is 8.26. The van der Waals surface area contributed by atoms with Crippen LogP contribution < -0.4 is 15.6 Å². The number of amides is 2. The number of thioether (sulfide) groups is 1. The fourth-order valence-corrected chi connectivity index (χ4v) is 5.76. The minimum Gasteiger partial charge on any atom is -0.410 e. The van der Waals surface area contributed by atoms with E-state index in [1.807, 2.05) is 0 Å². The van der Waals surface area contributed by atoms with Crippen LogP contribution in [-0.2, 0) is 20.9 Å². The number of ketones is 1. The highest BCUT2D eigenvalue weighted by Crippen LogP contribution is 2.41. The summed E-state index contributed by atoms with van der Waals surface area (Å²) < 4.78 is 1.74. The number of nitrogens with one attached hydrogen (secondary N) is 1. The van der Waals surface area contributed by atoms with Crippen LogP contribution in [-0.4, -0.2) is 60.8 Å². The Morgan fingerprint density at radius 1 is 1.44 bits per heavy atom. The van der Waals surface area contributed by atoms with Gasteiger partial charge in [-0.15, -0.1) is 23.1 Å². The highest BCUT2D eigenvalue weighted by molar-refractivity contribution is 8.00. The molecule has 0 aromatic carbocycles. The van der Waals surface area contributed by atoms with Crippen LogP contribution in [0.1, 0.15) is 23.0 Å². The number of pyridine rings is 1. The van der Waals surface area contributed by atoms with Crippen molar-refractivity contribution in [1.82, 2.24) is 15.2 Å². The molecule has 4 N–H and O–H groups in total. The van der Waals surface area contributed by atoms with E-state index in [1.165, 1.54) is 29.0 Å². The van der Waals surface area contributed by atoms with Crippen molar-refractivity contribution in [2.24, 2.45) is 5.16 Å². The van der Waals surface area contributed by atoms with E-state index in [2.05, 4.69) is 15.5 Å². The fraction of sp³-hybridized carbons (Fsp3) is 0.250. The van der Waals surface area contributed by atoms with Crippen LogP contribution in [0, 0.1) is 0 Å². The van der Waals surface area contributed by atoms with Crippen molar-refractivity contribution >= 4 is 68.4 Å². The van der Waals surface area contributed by atoms with Gasteiger partial charge in [-0.25, -0.2) is 9.55 Å². The van der Waals surface area contributed by atoms with E-state index in [4.69, 9.17) is 17.3 Å². The largest absolute Gasteiger partial charge is 0.410 e. The Balaban J connectivity index is 1.53. The molecule has 2 atom stereocenters. The molecule has 4 heterocycles. The van der Waals surface area contributed by atoms with Gasteiger partial charge in [-0.3, -0.25) is 24.1 Å². The number of hydrogen-bond acceptors (Lipinski definition) is 10. The van der Waals surface area contributed by atoms with Crippen molar-refractivity contribution in [2.45, 2.75) is 24.9 Å². The number of β-lactam (4-membered cyclic amide) rings is 1. The number of anilines is 1. The molecule has 176 valence electrons. The highest BCUT2D eigenvalue weighted by Gasteiger charge is 2.54. The lowest BCUT2D eigenvalue weighted by Crippen LogP contribution is -2.71. The van der Waals surface area contributed by atoms with Gasteiger partial charge < -0.3 is 16.3 Å². The molecule has 0 saturated carbocycles. The van der Waals surface area contributed by atoms with Crippen LogP contribution in [0.2, 0.25) is 0 Å². The van der Waals surface area contributed by atoms with Gasteiger partial charge >= 0.3 is 0 Å².